The first-order chi connectivity index (χ1) is 8.06. The smallest absolute Gasteiger partial charge is 0.341 e. The molecule has 1 heterocycles. The second-order valence-corrected chi connectivity index (χ2v) is 4.31. The second kappa shape index (κ2) is 4.61. The average Bonchev–Trinajstić information content (AvgIpc) is 3.03. The van der Waals surface area contributed by atoms with E-state index < -0.39 is 5.97 Å². The van der Waals surface area contributed by atoms with Crippen LogP contribution < -0.4 is 9.47 Å². The standard InChI is InChI=1S/C12H15NO4/c1-7(2)16-11-10(12(14)15)5-9(6-13-11)17-8-3-4-8/h5-8H,3-4H2,1-2H3,(H,14,15). The first-order valence-electron chi connectivity index (χ1n) is 5.63. The van der Waals surface area contributed by atoms with Gasteiger partial charge < -0.3 is 14.6 Å². The van der Waals surface area contributed by atoms with Crippen LogP contribution in [-0.2, 0) is 0 Å². The fourth-order valence-corrected chi connectivity index (χ4v) is 1.35. The molecule has 0 amide bonds. The third kappa shape index (κ3) is 3.09. The third-order valence-electron chi connectivity index (χ3n) is 2.23. The summed E-state index contributed by atoms with van der Waals surface area (Å²) in [6.45, 7) is 3.64. The molecule has 5 heteroatoms. The van der Waals surface area contributed by atoms with Gasteiger partial charge in [-0.2, -0.15) is 0 Å². The van der Waals surface area contributed by atoms with Crippen LogP contribution in [0.2, 0.25) is 0 Å². The number of hydrogen-bond donors (Lipinski definition) is 1. The molecule has 0 spiro atoms. The van der Waals surface area contributed by atoms with Gasteiger partial charge in [-0.25, -0.2) is 9.78 Å². The van der Waals surface area contributed by atoms with Gasteiger partial charge in [0, 0.05) is 6.07 Å². The van der Waals surface area contributed by atoms with E-state index in [0.717, 1.165) is 12.8 Å². The van der Waals surface area contributed by atoms with Crippen molar-refractivity contribution in [2.75, 3.05) is 0 Å². The highest BCUT2D eigenvalue weighted by Gasteiger charge is 2.25. The van der Waals surface area contributed by atoms with Gasteiger partial charge in [0.25, 0.3) is 0 Å². The van der Waals surface area contributed by atoms with E-state index in [1.165, 1.54) is 12.3 Å². The lowest BCUT2D eigenvalue weighted by Gasteiger charge is -2.12. The Bertz CT molecular complexity index is 427. The molecular weight excluding hydrogens is 222 g/mol. The quantitative estimate of drug-likeness (QED) is 0.849. The molecule has 92 valence electrons. The maximum Gasteiger partial charge on any atom is 0.341 e. The molecule has 0 aliphatic heterocycles. The van der Waals surface area contributed by atoms with Crippen molar-refractivity contribution in [3.05, 3.63) is 17.8 Å². The lowest BCUT2D eigenvalue weighted by molar-refractivity contribution is 0.0688. The topological polar surface area (TPSA) is 68.7 Å². The van der Waals surface area contributed by atoms with E-state index >= 15 is 0 Å². The normalized spacial score (nSPS) is 14.8. The summed E-state index contributed by atoms with van der Waals surface area (Å²) in [5.74, 6) is -0.439. The van der Waals surface area contributed by atoms with Crippen LogP contribution in [0.25, 0.3) is 0 Å². The fraction of sp³-hybridized carbons (Fsp3) is 0.500. The Morgan fingerprint density at radius 1 is 1.53 bits per heavy atom. The molecule has 1 aliphatic rings. The fourth-order valence-electron chi connectivity index (χ4n) is 1.35. The largest absolute Gasteiger partial charge is 0.489 e. The van der Waals surface area contributed by atoms with E-state index in [-0.39, 0.29) is 23.7 Å². The minimum Gasteiger partial charge on any atom is -0.489 e. The summed E-state index contributed by atoms with van der Waals surface area (Å²) in [5.41, 5.74) is 0.0388. The van der Waals surface area contributed by atoms with Crippen LogP contribution in [0.1, 0.15) is 37.0 Å². The number of carboxylic acid groups (broad SMARTS) is 1. The monoisotopic (exact) mass is 237 g/mol. The number of carbonyl (C=O) groups is 1. The van der Waals surface area contributed by atoms with Gasteiger partial charge in [0.2, 0.25) is 5.88 Å². The molecule has 1 aromatic rings. The maximum absolute atomic E-state index is 11.1. The van der Waals surface area contributed by atoms with E-state index in [9.17, 15) is 4.79 Å². The first-order valence-corrected chi connectivity index (χ1v) is 5.63. The average molecular weight is 237 g/mol. The molecule has 0 radical (unpaired) electrons. The molecule has 1 saturated carbocycles. The molecule has 0 saturated heterocycles. The molecule has 0 aromatic carbocycles. The first kappa shape index (κ1) is 11.7. The Morgan fingerprint density at radius 3 is 2.76 bits per heavy atom. The maximum atomic E-state index is 11.1. The Morgan fingerprint density at radius 2 is 2.24 bits per heavy atom. The summed E-state index contributed by atoms with van der Waals surface area (Å²) >= 11 is 0. The van der Waals surface area contributed by atoms with Gasteiger partial charge in [-0.05, 0) is 26.7 Å². The minimum atomic E-state index is -1.06. The van der Waals surface area contributed by atoms with E-state index in [4.69, 9.17) is 14.6 Å². The Balaban J connectivity index is 2.22. The highest BCUT2D eigenvalue weighted by molar-refractivity contribution is 5.90. The number of hydrogen-bond acceptors (Lipinski definition) is 4. The van der Waals surface area contributed by atoms with Gasteiger partial charge in [-0.15, -0.1) is 0 Å². The predicted molar refractivity (Wildman–Crippen MR) is 60.6 cm³/mol. The van der Waals surface area contributed by atoms with Crippen molar-refractivity contribution in [2.45, 2.75) is 38.9 Å². The van der Waals surface area contributed by atoms with Crippen LogP contribution in [0.15, 0.2) is 12.3 Å². The van der Waals surface area contributed by atoms with E-state index in [0.29, 0.717) is 5.75 Å². The molecule has 0 unspecified atom stereocenters. The third-order valence-corrected chi connectivity index (χ3v) is 2.23. The van der Waals surface area contributed by atoms with E-state index in [1.807, 2.05) is 13.8 Å². The molecule has 1 aromatic heterocycles. The highest BCUT2D eigenvalue weighted by atomic mass is 16.5. The van der Waals surface area contributed by atoms with Gasteiger partial charge in [0.1, 0.15) is 11.3 Å². The van der Waals surface area contributed by atoms with Gasteiger partial charge >= 0.3 is 5.97 Å². The number of ether oxygens (including phenoxy) is 2. The molecule has 2 rings (SSSR count). The Kier molecular flexibility index (Phi) is 3.17. The van der Waals surface area contributed by atoms with Crippen molar-refractivity contribution in [2.24, 2.45) is 0 Å². The summed E-state index contributed by atoms with van der Waals surface area (Å²) in [4.78, 5) is 15.1. The summed E-state index contributed by atoms with van der Waals surface area (Å²) in [7, 11) is 0. The number of aromatic nitrogens is 1. The van der Waals surface area contributed by atoms with E-state index in [1.54, 1.807) is 0 Å². The van der Waals surface area contributed by atoms with Crippen LogP contribution in [0.3, 0.4) is 0 Å². The lowest BCUT2D eigenvalue weighted by Crippen LogP contribution is -2.12. The minimum absolute atomic E-state index is 0.0388. The Labute approximate surface area is 99.4 Å². The molecule has 0 bridgehead atoms. The SMILES string of the molecule is CC(C)Oc1ncc(OC2CC2)cc1C(=O)O. The van der Waals surface area contributed by atoms with Gasteiger partial charge in [0.15, 0.2) is 0 Å². The molecule has 1 aliphatic carbocycles. The zero-order chi connectivity index (χ0) is 12.4. The van der Waals surface area contributed by atoms with Crippen molar-refractivity contribution >= 4 is 5.97 Å². The summed E-state index contributed by atoms with van der Waals surface area (Å²) in [5, 5.41) is 9.08. The van der Waals surface area contributed by atoms with Crippen LogP contribution in [-0.4, -0.2) is 28.3 Å². The molecule has 1 fully saturated rings. The summed E-state index contributed by atoms with van der Waals surface area (Å²) < 4.78 is 10.8. The molecule has 1 N–H and O–H groups in total. The number of carboxylic acids is 1. The van der Waals surface area contributed by atoms with Crippen molar-refractivity contribution in [1.82, 2.24) is 4.98 Å². The molecule has 17 heavy (non-hydrogen) atoms. The Hall–Kier alpha value is -1.78. The second-order valence-electron chi connectivity index (χ2n) is 4.31. The van der Waals surface area contributed by atoms with Crippen LogP contribution >= 0.6 is 0 Å². The van der Waals surface area contributed by atoms with Crippen molar-refractivity contribution in [1.29, 1.82) is 0 Å². The number of aromatic carboxylic acids is 1. The summed E-state index contributed by atoms with van der Waals surface area (Å²) in [6, 6.07) is 1.46. The zero-order valence-corrected chi connectivity index (χ0v) is 9.84. The van der Waals surface area contributed by atoms with Crippen LogP contribution in [0, 0.1) is 0 Å². The molecular formula is C12H15NO4. The van der Waals surface area contributed by atoms with Gasteiger partial charge in [0.05, 0.1) is 18.4 Å². The van der Waals surface area contributed by atoms with Crippen LogP contribution in [0.5, 0.6) is 11.6 Å². The number of pyridine rings is 1. The molecule has 0 atom stereocenters. The number of nitrogens with zero attached hydrogens (tertiary/aromatic N) is 1. The van der Waals surface area contributed by atoms with Crippen LogP contribution in [0.4, 0.5) is 0 Å². The van der Waals surface area contributed by atoms with E-state index in [2.05, 4.69) is 4.98 Å². The summed E-state index contributed by atoms with van der Waals surface area (Å²) in [6.07, 6.45) is 3.65. The highest BCUT2D eigenvalue weighted by Crippen LogP contribution is 2.29. The van der Waals surface area contributed by atoms with Crippen molar-refractivity contribution < 1.29 is 19.4 Å². The van der Waals surface area contributed by atoms with Gasteiger partial charge in [-0.1, -0.05) is 0 Å². The predicted octanol–water partition coefficient (Wildman–Crippen LogP) is 2.11. The zero-order valence-electron chi connectivity index (χ0n) is 9.84. The van der Waals surface area contributed by atoms with Crippen molar-refractivity contribution in [3.8, 4) is 11.6 Å². The molecule has 5 nitrogen and oxygen atoms in total. The number of rotatable bonds is 5. The lowest BCUT2D eigenvalue weighted by atomic mass is 10.2. The van der Waals surface area contributed by atoms with Gasteiger partial charge in [-0.3, -0.25) is 0 Å². The van der Waals surface area contributed by atoms with Crippen molar-refractivity contribution in [3.63, 3.8) is 0 Å².